The van der Waals surface area contributed by atoms with E-state index in [2.05, 4.69) is 5.32 Å². The van der Waals surface area contributed by atoms with Gasteiger partial charge in [0.25, 0.3) is 10.0 Å². The summed E-state index contributed by atoms with van der Waals surface area (Å²) in [6.45, 7) is 9.40. The summed E-state index contributed by atoms with van der Waals surface area (Å²) in [6, 6.07) is 22.6. The molecule has 0 aliphatic rings. The number of sulfonamides is 1. The van der Waals surface area contributed by atoms with E-state index < -0.39 is 28.5 Å². The largest absolute Gasteiger partial charge is 0.352 e. The van der Waals surface area contributed by atoms with Crippen LogP contribution in [0.15, 0.2) is 83.8 Å². The Hall–Kier alpha value is -3.65. The smallest absolute Gasteiger partial charge is 0.264 e. The van der Waals surface area contributed by atoms with Gasteiger partial charge < -0.3 is 10.2 Å². The van der Waals surface area contributed by atoms with Gasteiger partial charge in [-0.05, 0) is 69.4 Å². The number of anilines is 1. The standard InChI is InChI=1S/C32H41N3O4S/c1-6-26(5)33-32(37)29(7-2)34(21-20-27-14-10-8-11-15-27)31(36)23-35(30-19-18-24(3)22-25(30)4)40(38,39)28-16-12-9-13-17-28/h8-19,22,26,29H,6-7,20-21,23H2,1-5H3,(H,33,37). The van der Waals surface area contributed by atoms with Crippen LogP contribution in [0.5, 0.6) is 0 Å². The lowest BCUT2D eigenvalue weighted by Crippen LogP contribution is -2.54. The van der Waals surface area contributed by atoms with E-state index in [1.54, 1.807) is 29.2 Å². The van der Waals surface area contributed by atoms with Crippen LogP contribution in [0.4, 0.5) is 5.69 Å². The minimum Gasteiger partial charge on any atom is -0.352 e. The van der Waals surface area contributed by atoms with Crippen LogP contribution in [-0.4, -0.2) is 50.3 Å². The van der Waals surface area contributed by atoms with Crippen LogP contribution in [0, 0.1) is 13.8 Å². The van der Waals surface area contributed by atoms with Crippen LogP contribution in [0.1, 0.15) is 50.3 Å². The summed E-state index contributed by atoms with van der Waals surface area (Å²) in [5.74, 6) is -0.663. The molecule has 0 heterocycles. The summed E-state index contributed by atoms with van der Waals surface area (Å²) in [5.41, 5.74) is 3.19. The third-order valence-electron chi connectivity index (χ3n) is 7.10. The van der Waals surface area contributed by atoms with Gasteiger partial charge in [0.2, 0.25) is 11.8 Å². The summed E-state index contributed by atoms with van der Waals surface area (Å²) in [7, 11) is -4.08. The van der Waals surface area contributed by atoms with Gasteiger partial charge in [-0.3, -0.25) is 13.9 Å². The van der Waals surface area contributed by atoms with Crippen LogP contribution >= 0.6 is 0 Å². The van der Waals surface area contributed by atoms with Crippen molar-refractivity contribution in [2.24, 2.45) is 0 Å². The highest BCUT2D eigenvalue weighted by atomic mass is 32.2. The van der Waals surface area contributed by atoms with Gasteiger partial charge in [-0.2, -0.15) is 0 Å². The first-order valence-electron chi connectivity index (χ1n) is 13.9. The lowest BCUT2D eigenvalue weighted by molar-refractivity contribution is -0.139. The van der Waals surface area contributed by atoms with Crippen molar-refractivity contribution >= 4 is 27.5 Å². The van der Waals surface area contributed by atoms with Crippen molar-refractivity contribution in [3.05, 3.63) is 95.6 Å². The number of nitrogens with one attached hydrogen (secondary N) is 1. The number of hydrogen-bond donors (Lipinski definition) is 1. The molecule has 0 aliphatic heterocycles. The van der Waals surface area contributed by atoms with Gasteiger partial charge in [-0.25, -0.2) is 8.42 Å². The number of aryl methyl sites for hydroxylation is 2. The Bertz CT molecular complexity index is 1380. The van der Waals surface area contributed by atoms with Gasteiger partial charge in [0.1, 0.15) is 12.6 Å². The molecule has 0 aliphatic carbocycles. The Labute approximate surface area is 239 Å². The zero-order chi connectivity index (χ0) is 29.3. The Morgan fingerprint density at radius 3 is 2.08 bits per heavy atom. The first kappa shape index (κ1) is 30.9. The first-order valence-corrected chi connectivity index (χ1v) is 15.3. The van der Waals surface area contributed by atoms with Crippen LogP contribution < -0.4 is 9.62 Å². The van der Waals surface area contributed by atoms with Gasteiger partial charge in [-0.1, -0.05) is 80.1 Å². The third-order valence-corrected chi connectivity index (χ3v) is 8.88. The van der Waals surface area contributed by atoms with Crippen LogP contribution in [0.3, 0.4) is 0 Å². The topological polar surface area (TPSA) is 86.8 Å². The van der Waals surface area contributed by atoms with Gasteiger partial charge >= 0.3 is 0 Å². The van der Waals surface area contributed by atoms with Crippen LogP contribution in [0.25, 0.3) is 0 Å². The molecule has 0 radical (unpaired) electrons. The second kappa shape index (κ2) is 14.1. The molecule has 40 heavy (non-hydrogen) atoms. The molecule has 7 nitrogen and oxygen atoms in total. The molecule has 2 unspecified atom stereocenters. The lowest BCUT2D eigenvalue weighted by atomic mass is 10.1. The number of rotatable bonds is 13. The zero-order valence-electron chi connectivity index (χ0n) is 24.1. The zero-order valence-corrected chi connectivity index (χ0v) is 24.9. The Balaban J connectivity index is 2.03. The summed E-state index contributed by atoms with van der Waals surface area (Å²) in [6.07, 6.45) is 1.70. The molecule has 0 fully saturated rings. The van der Waals surface area contributed by atoms with Gasteiger partial charge in [0.05, 0.1) is 10.6 Å². The van der Waals surface area contributed by atoms with Crippen molar-refractivity contribution in [1.29, 1.82) is 0 Å². The molecule has 2 amide bonds. The second-order valence-corrected chi connectivity index (χ2v) is 12.0. The second-order valence-electron chi connectivity index (χ2n) is 10.2. The molecule has 0 aromatic heterocycles. The minimum atomic E-state index is -4.08. The van der Waals surface area contributed by atoms with E-state index in [-0.39, 0.29) is 23.4 Å². The van der Waals surface area contributed by atoms with Gasteiger partial charge in [-0.15, -0.1) is 0 Å². The highest BCUT2D eigenvalue weighted by Gasteiger charge is 2.34. The molecular formula is C32H41N3O4S. The molecule has 8 heteroatoms. The van der Waals surface area contributed by atoms with E-state index in [0.717, 1.165) is 23.1 Å². The lowest BCUT2D eigenvalue weighted by Gasteiger charge is -2.34. The molecule has 2 atom stereocenters. The van der Waals surface area contributed by atoms with Crippen molar-refractivity contribution in [3.8, 4) is 0 Å². The van der Waals surface area contributed by atoms with Crippen molar-refractivity contribution in [2.45, 2.75) is 70.9 Å². The number of benzene rings is 3. The van der Waals surface area contributed by atoms with E-state index in [1.165, 1.54) is 16.4 Å². The minimum absolute atomic E-state index is 0.0437. The van der Waals surface area contributed by atoms with Crippen LogP contribution in [-0.2, 0) is 26.0 Å². The normalized spacial score (nSPS) is 12.8. The number of nitrogens with zero attached hydrogens (tertiary/aromatic N) is 2. The maximum atomic E-state index is 14.1. The van der Waals surface area contributed by atoms with Crippen LogP contribution in [0.2, 0.25) is 0 Å². The quantitative estimate of drug-likeness (QED) is 0.307. The Kier molecular flexibility index (Phi) is 10.9. The van der Waals surface area contributed by atoms with Crippen molar-refractivity contribution in [1.82, 2.24) is 10.2 Å². The fourth-order valence-corrected chi connectivity index (χ4v) is 6.15. The SMILES string of the molecule is CCC(C)NC(=O)C(CC)N(CCc1ccccc1)C(=O)CN(c1ccc(C)cc1C)S(=O)(=O)c1ccccc1. The van der Waals surface area contributed by atoms with E-state index in [9.17, 15) is 18.0 Å². The highest BCUT2D eigenvalue weighted by Crippen LogP contribution is 2.28. The maximum absolute atomic E-state index is 14.1. The number of hydrogen-bond acceptors (Lipinski definition) is 4. The Morgan fingerprint density at radius 1 is 0.875 bits per heavy atom. The molecule has 0 saturated heterocycles. The molecule has 3 aromatic rings. The molecular weight excluding hydrogens is 522 g/mol. The monoisotopic (exact) mass is 563 g/mol. The molecule has 0 saturated carbocycles. The summed E-state index contributed by atoms with van der Waals surface area (Å²) < 4.78 is 29.1. The predicted molar refractivity (Wildman–Crippen MR) is 161 cm³/mol. The summed E-state index contributed by atoms with van der Waals surface area (Å²) in [5, 5.41) is 3.01. The fourth-order valence-electron chi connectivity index (χ4n) is 4.66. The highest BCUT2D eigenvalue weighted by molar-refractivity contribution is 7.92. The van der Waals surface area contributed by atoms with Crippen molar-refractivity contribution in [3.63, 3.8) is 0 Å². The van der Waals surface area contributed by atoms with Crippen molar-refractivity contribution in [2.75, 3.05) is 17.4 Å². The average molecular weight is 564 g/mol. The van der Waals surface area contributed by atoms with E-state index in [1.807, 2.05) is 77.1 Å². The average Bonchev–Trinajstić information content (AvgIpc) is 2.95. The van der Waals surface area contributed by atoms with Gasteiger partial charge in [0.15, 0.2) is 0 Å². The summed E-state index contributed by atoms with van der Waals surface area (Å²) in [4.78, 5) is 29.1. The van der Waals surface area contributed by atoms with E-state index >= 15 is 0 Å². The molecule has 1 N–H and O–H groups in total. The maximum Gasteiger partial charge on any atom is 0.264 e. The van der Waals surface area contributed by atoms with E-state index in [0.29, 0.717) is 18.5 Å². The van der Waals surface area contributed by atoms with Gasteiger partial charge in [0, 0.05) is 12.6 Å². The summed E-state index contributed by atoms with van der Waals surface area (Å²) >= 11 is 0. The number of amides is 2. The fraction of sp³-hybridized carbons (Fsp3) is 0.375. The number of carbonyl (C=O) groups excluding carboxylic acids is 2. The number of carbonyl (C=O) groups is 2. The third kappa shape index (κ3) is 7.72. The molecule has 0 bridgehead atoms. The van der Waals surface area contributed by atoms with Crippen molar-refractivity contribution < 1.29 is 18.0 Å². The molecule has 214 valence electrons. The first-order chi connectivity index (χ1) is 19.1. The molecule has 0 spiro atoms. The molecule has 3 rings (SSSR count). The Morgan fingerprint density at radius 2 is 1.50 bits per heavy atom. The predicted octanol–water partition coefficient (Wildman–Crippen LogP) is 5.26. The molecule has 3 aromatic carbocycles. The van der Waals surface area contributed by atoms with E-state index in [4.69, 9.17) is 0 Å².